The number of halogens is 2. The van der Waals surface area contributed by atoms with Crippen molar-refractivity contribution in [2.24, 2.45) is 5.92 Å². The predicted molar refractivity (Wildman–Crippen MR) is 107 cm³/mol. The molecule has 0 saturated carbocycles. The van der Waals surface area contributed by atoms with Crippen LogP contribution in [0.4, 0.5) is 0 Å². The Kier molecular flexibility index (Phi) is 13.0. The zero-order chi connectivity index (χ0) is 21.1. The van der Waals surface area contributed by atoms with Gasteiger partial charge >= 0.3 is 7.60 Å². The number of alkyl halides is 2. The molecule has 0 heterocycles. The van der Waals surface area contributed by atoms with Crippen LogP contribution in [0, 0.1) is 5.92 Å². The van der Waals surface area contributed by atoms with E-state index in [-0.39, 0.29) is 25.9 Å². The van der Waals surface area contributed by atoms with Crippen molar-refractivity contribution in [1.82, 2.24) is 5.32 Å². The number of aliphatic hydroxyl groups is 1. The second-order valence-corrected chi connectivity index (χ2v) is 9.65. The Balaban J connectivity index is 5.26. The molecule has 2 N–H and O–H groups in total. The van der Waals surface area contributed by atoms with E-state index in [0.717, 1.165) is 19.3 Å². The summed E-state index contributed by atoms with van der Waals surface area (Å²) in [6.07, 6.45) is 1.95. The average molecular weight is 448 g/mol. The molecule has 0 fully saturated rings. The molecule has 0 spiro atoms. The van der Waals surface area contributed by atoms with E-state index in [2.05, 4.69) is 5.32 Å². The highest BCUT2D eigenvalue weighted by Gasteiger charge is 2.47. The molecule has 0 aromatic heterocycles. The Labute approximate surface area is 172 Å². The highest BCUT2D eigenvalue weighted by atomic mass is 35.5. The molecular formula is C17H32Cl2NO6P. The molecule has 0 aromatic carbocycles. The summed E-state index contributed by atoms with van der Waals surface area (Å²) in [5, 5.41) is 12.0. The average Bonchev–Trinajstić information content (AvgIpc) is 2.59. The van der Waals surface area contributed by atoms with Crippen molar-refractivity contribution in [1.29, 1.82) is 0 Å². The second-order valence-electron chi connectivity index (χ2n) is 6.21. The van der Waals surface area contributed by atoms with Crippen LogP contribution < -0.4 is 5.32 Å². The first kappa shape index (κ1) is 26.8. The van der Waals surface area contributed by atoms with E-state index in [1.807, 2.05) is 6.92 Å². The highest BCUT2D eigenvalue weighted by molar-refractivity contribution is 7.53. The third kappa shape index (κ3) is 9.25. The smallest absolute Gasteiger partial charge is 0.349 e. The Hall–Kier alpha value is -0.170. The Morgan fingerprint density at radius 3 is 2.11 bits per heavy atom. The van der Waals surface area contributed by atoms with Gasteiger partial charge in [-0.1, -0.05) is 55.8 Å². The first-order valence-corrected chi connectivity index (χ1v) is 11.8. The van der Waals surface area contributed by atoms with Gasteiger partial charge in [0, 0.05) is 0 Å². The number of carbonyl (C=O) groups is 2. The van der Waals surface area contributed by atoms with Crippen LogP contribution in [-0.4, -0.2) is 46.7 Å². The van der Waals surface area contributed by atoms with E-state index in [1.54, 1.807) is 13.8 Å². The number of nitrogens with one attached hydrogen (secondary N) is 1. The minimum Gasteiger partial charge on any atom is -0.385 e. The fraction of sp³-hybridized carbons (Fsp3) is 0.882. The summed E-state index contributed by atoms with van der Waals surface area (Å²) in [6.45, 7) is 6.92. The van der Waals surface area contributed by atoms with Gasteiger partial charge in [0.05, 0.1) is 19.1 Å². The van der Waals surface area contributed by atoms with E-state index in [1.165, 1.54) is 6.92 Å². The lowest BCUT2D eigenvalue weighted by atomic mass is 9.92. The van der Waals surface area contributed by atoms with Crippen LogP contribution >= 0.6 is 30.8 Å². The molecular weight excluding hydrogens is 416 g/mol. The SMILES string of the molecule is CCCCCCC(C(=O)NCP(=O)(OCC)OCC)C(Cl)(Cl)C(=O)C(C)O. The summed E-state index contributed by atoms with van der Waals surface area (Å²) >= 11 is 12.4. The van der Waals surface area contributed by atoms with E-state index in [0.29, 0.717) is 6.42 Å². The summed E-state index contributed by atoms with van der Waals surface area (Å²) in [7, 11) is -3.50. The van der Waals surface area contributed by atoms with Gasteiger partial charge in [0.2, 0.25) is 5.91 Å². The zero-order valence-electron chi connectivity index (χ0n) is 16.5. The molecule has 0 saturated heterocycles. The van der Waals surface area contributed by atoms with Crippen LogP contribution in [-0.2, 0) is 23.2 Å². The van der Waals surface area contributed by atoms with Crippen molar-refractivity contribution in [2.75, 3.05) is 19.5 Å². The van der Waals surface area contributed by atoms with Gasteiger partial charge in [-0.15, -0.1) is 0 Å². The maximum Gasteiger partial charge on any atom is 0.349 e. The first-order valence-electron chi connectivity index (χ1n) is 9.31. The largest absolute Gasteiger partial charge is 0.385 e. The van der Waals surface area contributed by atoms with Gasteiger partial charge in [0.1, 0.15) is 12.4 Å². The minimum atomic E-state index is -3.50. The van der Waals surface area contributed by atoms with Gasteiger partial charge < -0.3 is 19.5 Å². The van der Waals surface area contributed by atoms with Crippen molar-refractivity contribution < 1.29 is 28.3 Å². The number of unbranched alkanes of at least 4 members (excludes halogenated alkanes) is 3. The van der Waals surface area contributed by atoms with Crippen molar-refractivity contribution in [2.45, 2.75) is 70.2 Å². The Morgan fingerprint density at radius 1 is 1.11 bits per heavy atom. The highest BCUT2D eigenvalue weighted by Crippen LogP contribution is 2.47. The van der Waals surface area contributed by atoms with Crippen molar-refractivity contribution in [3.8, 4) is 0 Å². The number of amides is 1. The maximum absolute atomic E-state index is 12.7. The predicted octanol–water partition coefficient (Wildman–Crippen LogP) is 4.04. The molecule has 0 radical (unpaired) electrons. The lowest BCUT2D eigenvalue weighted by Gasteiger charge is -2.29. The van der Waals surface area contributed by atoms with Crippen molar-refractivity contribution in [3.05, 3.63) is 0 Å². The van der Waals surface area contributed by atoms with Gasteiger partial charge in [-0.3, -0.25) is 14.2 Å². The summed E-state index contributed by atoms with van der Waals surface area (Å²) in [5.41, 5.74) is 0. The molecule has 7 nitrogen and oxygen atoms in total. The molecule has 0 rings (SSSR count). The molecule has 10 heteroatoms. The fourth-order valence-corrected chi connectivity index (χ4v) is 4.65. The molecule has 0 aliphatic rings. The number of hydrogen-bond donors (Lipinski definition) is 2. The normalized spacial score (nSPS) is 14.6. The standard InChI is InChI=1S/C17H32Cl2NO6P/c1-5-8-9-10-11-14(17(18,19)15(22)13(4)21)16(23)20-12-27(24,25-6-2)26-7-3/h13-14,21H,5-12H2,1-4H3,(H,20,23). The minimum absolute atomic E-state index is 0.156. The van der Waals surface area contributed by atoms with Gasteiger partial charge in [-0.2, -0.15) is 0 Å². The first-order chi connectivity index (χ1) is 12.6. The van der Waals surface area contributed by atoms with E-state index < -0.39 is 35.6 Å². The van der Waals surface area contributed by atoms with Crippen LogP contribution in [0.2, 0.25) is 0 Å². The number of carbonyl (C=O) groups excluding carboxylic acids is 2. The quantitative estimate of drug-likeness (QED) is 0.223. The third-order valence-corrected chi connectivity index (χ3v) is 6.65. The Bertz CT molecular complexity index is 506. The third-order valence-electron chi connectivity index (χ3n) is 3.91. The molecule has 0 aliphatic heterocycles. The monoisotopic (exact) mass is 447 g/mol. The number of ketones is 1. The summed E-state index contributed by atoms with van der Waals surface area (Å²) in [6, 6.07) is 0. The number of aliphatic hydroxyl groups excluding tert-OH is 1. The van der Waals surface area contributed by atoms with E-state index >= 15 is 0 Å². The fourth-order valence-electron chi connectivity index (χ4n) is 2.52. The van der Waals surface area contributed by atoms with E-state index in [4.69, 9.17) is 32.2 Å². The van der Waals surface area contributed by atoms with E-state index in [9.17, 15) is 19.3 Å². The molecule has 0 aliphatic carbocycles. The lowest BCUT2D eigenvalue weighted by Crippen LogP contribution is -2.48. The topological polar surface area (TPSA) is 102 Å². The van der Waals surface area contributed by atoms with Crippen LogP contribution in [0.3, 0.4) is 0 Å². The van der Waals surface area contributed by atoms with Crippen LogP contribution in [0.1, 0.15) is 59.8 Å². The molecule has 160 valence electrons. The van der Waals surface area contributed by atoms with Crippen LogP contribution in [0.5, 0.6) is 0 Å². The lowest BCUT2D eigenvalue weighted by molar-refractivity contribution is -0.133. The van der Waals surface area contributed by atoms with Gasteiger partial charge in [0.25, 0.3) is 0 Å². The zero-order valence-corrected chi connectivity index (χ0v) is 18.9. The molecule has 0 bridgehead atoms. The van der Waals surface area contributed by atoms with Gasteiger partial charge in [0.15, 0.2) is 10.1 Å². The van der Waals surface area contributed by atoms with Crippen molar-refractivity contribution >= 4 is 42.5 Å². The molecule has 27 heavy (non-hydrogen) atoms. The van der Waals surface area contributed by atoms with Gasteiger partial charge in [-0.05, 0) is 27.2 Å². The summed E-state index contributed by atoms with van der Waals surface area (Å²) in [5.74, 6) is -2.58. The summed E-state index contributed by atoms with van der Waals surface area (Å²) < 4.78 is 20.7. The molecule has 1 amide bonds. The second kappa shape index (κ2) is 13.1. The summed E-state index contributed by atoms with van der Waals surface area (Å²) in [4.78, 5) is 24.9. The number of hydrogen-bond acceptors (Lipinski definition) is 6. The maximum atomic E-state index is 12.7. The number of rotatable bonds is 15. The van der Waals surface area contributed by atoms with Gasteiger partial charge in [-0.25, -0.2) is 0 Å². The Morgan fingerprint density at radius 2 is 1.67 bits per heavy atom. The van der Waals surface area contributed by atoms with Crippen LogP contribution in [0.25, 0.3) is 0 Å². The molecule has 0 aromatic rings. The molecule has 2 atom stereocenters. The number of Topliss-reactive ketones (excluding diaryl/α,β-unsaturated/α-hetero) is 1. The van der Waals surface area contributed by atoms with Crippen LogP contribution in [0.15, 0.2) is 0 Å². The van der Waals surface area contributed by atoms with Crippen molar-refractivity contribution in [3.63, 3.8) is 0 Å². The molecule has 2 unspecified atom stereocenters.